The van der Waals surface area contributed by atoms with Crippen molar-refractivity contribution in [2.75, 3.05) is 13.2 Å². The van der Waals surface area contributed by atoms with Crippen LogP contribution < -0.4 is 0 Å². The minimum atomic E-state index is -0.390. The molecule has 29 heavy (non-hydrogen) atoms. The van der Waals surface area contributed by atoms with Gasteiger partial charge < -0.3 is 9.47 Å². The molecular weight excluding hydrogens is 364 g/mol. The van der Waals surface area contributed by atoms with Crippen molar-refractivity contribution in [1.82, 2.24) is 0 Å². The number of esters is 2. The molecule has 0 aliphatic heterocycles. The summed E-state index contributed by atoms with van der Waals surface area (Å²) in [6.07, 6.45) is 6.83. The first-order chi connectivity index (χ1) is 14.1. The molecule has 0 unspecified atom stereocenters. The van der Waals surface area contributed by atoms with E-state index in [0.717, 1.165) is 55.7 Å². The van der Waals surface area contributed by atoms with E-state index in [1.54, 1.807) is 0 Å². The van der Waals surface area contributed by atoms with Gasteiger partial charge in [0.25, 0.3) is 0 Å². The molecule has 2 aromatic rings. The van der Waals surface area contributed by atoms with Gasteiger partial charge in [-0.1, -0.05) is 56.3 Å². The third-order valence-electron chi connectivity index (χ3n) is 4.63. The Balaban J connectivity index is 1.69. The Hall–Kier alpha value is -2.88. The molecule has 0 saturated heterocycles. The topological polar surface area (TPSA) is 52.6 Å². The number of carbonyl (C=O) groups is 2. The van der Waals surface area contributed by atoms with E-state index in [0.29, 0.717) is 18.8 Å². The molecular formula is C25H30O4. The molecule has 0 radical (unpaired) electrons. The highest BCUT2D eigenvalue weighted by atomic mass is 16.5. The van der Waals surface area contributed by atoms with Crippen LogP contribution in [-0.4, -0.2) is 25.2 Å². The van der Waals surface area contributed by atoms with Crippen molar-refractivity contribution >= 4 is 11.9 Å². The highest BCUT2D eigenvalue weighted by Gasteiger charge is 2.07. The lowest BCUT2D eigenvalue weighted by molar-refractivity contribution is -0.137. The summed E-state index contributed by atoms with van der Waals surface area (Å²) in [5.74, 6) is -0.687. The van der Waals surface area contributed by atoms with Crippen molar-refractivity contribution in [3.05, 3.63) is 72.3 Å². The molecule has 0 saturated carbocycles. The lowest BCUT2D eigenvalue weighted by Crippen LogP contribution is -2.06. The molecule has 0 aliphatic rings. The molecule has 0 fully saturated rings. The van der Waals surface area contributed by atoms with Crippen LogP contribution in [0.5, 0.6) is 0 Å². The number of unbranched alkanes of at least 4 members (excludes halogenated alkanes) is 3. The maximum Gasteiger partial charge on any atom is 0.338 e. The molecule has 4 heteroatoms. The van der Waals surface area contributed by atoms with Gasteiger partial charge in [0, 0.05) is 6.08 Å². The van der Waals surface area contributed by atoms with Crippen LogP contribution in [0.15, 0.2) is 61.2 Å². The van der Waals surface area contributed by atoms with Gasteiger partial charge in [-0.15, -0.1) is 0 Å². The quantitative estimate of drug-likeness (QED) is 0.261. The van der Waals surface area contributed by atoms with Gasteiger partial charge in [-0.3, -0.25) is 0 Å². The molecule has 0 N–H and O–H groups in total. The number of carbonyl (C=O) groups excluding carboxylic acids is 2. The second-order valence-electron chi connectivity index (χ2n) is 6.95. The first-order valence-electron chi connectivity index (χ1n) is 10.3. The highest BCUT2D eigenvalue weighted by Crippen LogP contribution is 2.21. The van der Waals surface area contributed by atoms with Crippen LogP contribution in [-0.2, 0) is 20.7 Å². The highest BCUT2D eigenvalue weighted by molar-refractivity contribution is 5.90. The minimum absolute atomic E-state index is 0.297. The van der Waals surface area contributed by atoms with E-state index < -0.39 is 5.97 Å². The van der Waals surface area contributed by atoms with E-state index in [1.165, 1.54) is 5.56 Å². The van der Waals surface area contributed by atoms with E-state index in [4.69, 9.17) is 9.47 Å². The molecule has 0 amide bonds. The van der Waals surface area contributed by atoms with Gasteiger partial charge in [-0.2, -0.15) is 0 Å². The maximum atomic E-state index is 12.2. The third kappa shape index (κ3) is 7.94. The van der Waals surface area contributed by atoms with Gasteiger partial charge in [0.15, 0.2) is 0 Å². The molecule has 2 aromatic carbocycles. The molecule has 0 spiro atoms. The summed E-state index contributed by atoms with van der Waals surface area (Å²) in [5.41, 5.74) is 4.13. The molecule has 0 atom stereocenters. The molecule has 0 aliphatic carbocycles. The Bertz CT molecular complexity index is 775. The second kappa shape index (κ2) is 12.6. The summed E-state index contributed by atoms with van der Waals surface area (Å²) in [6, 6.07) is 16.1. The van der Waals surface area contributed by atoms with Gasteiger partial charge in [0.1, 0.15) is 0 Å². The number of rotatable bonds is 12. The number of hydrogen-bond donors (Lipinski definition) is 0. The fourth-order valence-corrected chi connectivity index (χ4v) is 2.99. The Morgan fingerprint density at radius 1 is 0.828 bits per heavy atom. The summed E-state index contributed by atoms with van der Waals surface area (Å²) in [6.45, 7) is 6.32. The fraction of sp³-hybridized carbons (Fsp3) is 0.360. The second-order valence-corrected chi connectivity index (χ2v) is 6.95. The largest absolute Gasteiger partial charge is 0.463 e. The zero-order chi connectivity index (χ0) is 20.9. The number of aryl methyl sites for hydroxylation is 1. The Morgan fingerprint density at radius 3 is 1.93 bits per heavy atom. The van der Waals surface area contributed by atoms with Crippen molar-refractivity contribution in [1.29, 1.82) is 0 Å². The maximum absolute atomic E-state index is 12.2. The van der Waals surface area contributed by atoms with Crippen molar-refractivity contribution in [2.45, 2.75) is 45.4 Å². The third-order valence-corrected chi connectivity index (χ3v) is 4.63. The summed E-state index contributed by atoms with van der Waals surface area (Å²) in [7, 11) is 0. The van der Waals surface area contributed by atoms with Crippen LogP contribution in [0, 0.1) is 0 Å². The van der Waals surface area contributed by atoms with Crippen LogP contribution in [0.2, 0.25) is 0 Å². The zero-order valence-electron chi connectivity index (χ0n) is 17.2. The van der Waals surface area contributed by atoms with Gasteiger partial charge in [-0.05, 0) is 60.9 Å². The molecule has 154 valence electrons. The van der Waals surface area contributed by atoms with Gasteiger partial charge in [0.05, 0.1) is 18.8 Å². The van der Waals surface area contributed by atoms with Crippen LogP contribution >= 0.6 is 0 Å². The van der Waals surface area contributed by atoms with Gasteiger partial charge in [0.2, 0.25) is 0 Å². The standard InChI is InChI=1S/C25H30O4/c1-3-9-20-10-12-21(13-11-20)22-14-16-23(17-15-22)25(27)29-19-8-6-5-7-18-28-24(26)4-2/h4,10-17H,2-3,5-9,18-19H2,1H3. The van der Waals surface area contributed by atoms with E-state index in [1.807, 2.05) is 24.3 Å². The van der Waals surface area contributed by atoms with E-state index >= 15 is 0 Å². The summed E-state index contributed by atoms with van der Waals surface area (Å²) >= 11 is 0. The van der Waals surface area contributed by atoms with Crippen molar-refractivity contribution < 1.29 is 19.1 Å². The van der Waals surface area contributed by atoms with E-state index in [-0.39, 0.29) is 5.97 Å². The van der Waals surface area contributed by atoms with E-state index in [9.17, 15) is 9.59 Å². The summed E-state index contributed by atoms with van der Waals surface area (Å²) in [5, 5.41) is 0. The summed E-state index contributed by atoms with van der Waals surface area (Å²) in [4.78, 5) is 23.1. The van der Waals surface area contributed by atoms with Crippen LogP contribution in [0.4, 0.5) is 0 Å². The number of ether oxygens (including phenoxy) is 2. The monoisotopic (exact) mass is 394 g/mol. The number of benzene rings is 2. The van der Waals surface area contributed by atoms with Crippen LogP contribution in [0.1, 0.15) is 54.9 Å². The lowest BCUT2D eigenvalue weighted by atomic mass is 10.0. The van der Waals surface area contributed by atoms with Gasteiger partial charge >= 0.3 is 11.9 Å². The Labute approximate surface area is 173 Å². The van der Waals surface area contributed by atoms with Crippen molar-refractivity contribution in [3.8, 4) is 11.1 Å². The SMILES string of the molecule is C=CC(=O)OCCCCCCOC(=O)c1ccc(-c2ccc(CCC)cc2)cc1. The lowest BCUT2D eigenvalue weighted by Gasteiger charge is -2.07. The van der Waals surface area contributed by atoms with Crippen LogP contribution in [0.3, 0.4) is 0 Å². The number of hydrogen-bond acceptors (Lipinski definition) is 4. The molecule has 0 bridgehead atoms. The van der Waals surface area contributed by atoms with Gasteiger partial charge in [-0.25, -0.2) is 9.59 Å². The predicted molar refractivity (Wildman–Crippen MR) is 116 cm³/mol. The summed E-state index contributed by atoms with van der Waals surface area (Å²) < 4.78 is 10.3. The normalized spacial score (nSPS) is 10.4. The van der Waals surface area contributed by atoms with Crippen molar-refractivity contribution in [2.24, 2.45) is 0 Å². The first kappa shape index (κ1) is 22.4. The average molecular weight is 395 g/mol. The fourth-order valence-electron chi connectivity index (χ4n) is 2.99. The predicted octanol–water partition coefficient (Wildman–Crippen LogP) is 5.75. The van der Waals surface area contributed by atoms with Crippen molar-refractivity contribution in [3.63, 3.8) is 0 Å². The minimum Gasteiger partial charge on any atom is -0.463 e. The molecule has 0 heterocycles. The Kier molecular flexibility index (Phi) is 9.70. The zero-order valence-corrected chi connectivity index (χ0v) is 17.2. The van der Waals surface area contributed by atoms with E-state index in [2.05, 4.69) is 37.8 Å². The molecule has 4 nitrogen and oxygen atoms in total. The molecule has 2 rings (SSSR count). The smallest absolute Gasteiger partial charge is 0.338 e. The Morgan fingerprint density at radius 2 is 1.38 bits per heavy atom. The average Bonchev–Trinajstić information content (AvgIpc) is 2.76. The van der Waals surface area contributed by atoms with Crippen LogP contribution in [0.25, 0.3) is 11.1 Å². The molecule has 0 aromatic heterocycles. The first-order valence-corrected chi connectivity index (χ1v) is 10.3.